The first-order chi connectivity index (χ1) is 14.4. The van der Waals surface area contributed by atoms with Crippen LogP contribution in [0.5, 0.6) is 0 Å². The normalized spacial score (nSPS) is 11.7. The number of oxime groups is 1. The molecule has 0 spiro atoms. The Morgan fingerprint density at radius 3 is 2.73 bits per heavy atom. The van der Waals surface area contributed by atoms with Crippen LogP contribution in [0.4, 0.5) is 4.39 Å². The highest BCUT2D eigenvalue weighted by molar-refractivity contribution is 6.45. The lowest BCUT2D eigenvalue weighted by molar-refractivity contribution is -0.114. The van der Waals surface area contributed by atoms with Crippen molar-refractivity contribution in [2.24, 2.45) is 10.1 Å². The van der Waals surface area contributed by atoms with E-state index in [9.17, 15) is 9.18 Å². The molecule has 0 radical (unpaired) electrons. The first-order valence-corrected chi connectivity index (χ1v) is 9.19. The minimum Gasteiger partial charge on any atom is -0.398 e. The SMILES string of the molecule is C#Cc1cc(F)cc(/C(C)=N/COCc2c(C)cccc2/C(=N\OC)C(=O)NC)c1. The molecule has 2 rings (SSSR count). The zero-order valence-corrected chi connectivity index (χ0v) is 17.5. The molecule has 1 amide bonds. The van der Waals surface area contributed by atoms with Crippen LogP contribution in [0.1, 0.15) is 34.7 Å². The minimum atomic E-state index is -0.417. The molecule has 0 bridgehead atoms. The van der Waals surface area contributed by atoms with E-state index in [1.165, 1.54) is 26.3 Å². The third-order valence-corrected chi connectivity index (χ3v) is 4.41. The van der Waals surface area contributed by atoms with E-state index >= 15 is 0 Å². The van der Waals surface area contributed by atoms with Crippen LogP contribution >= 0.6 is 0 Å². The fraction of sp³-hybridized carbons (Fsp3) is 0.261. The van der Waals surface area contributed by atoms with Crippen molar-refractivity contribution in [2.45, 2.75) is 20.5 Å². The number of hydrogen-bond donors (Lipinski definition) is 1. The first kappa shape index (κ1) is 22.8. The van der Waals surface area contributed by atoms with Crippen LogP contribution in [0, 0.1) is 25.1 Å². The summed E-state index contributed by atoms with van der Waals surface area (Å²) in [4.78, 5) is 21.4. The topological polar surface area (TPSA) is 72.3 Å². The van der Waals surface area contributed by atoms with Crippen LogP contribution in [0.3, 0.4) is 0 Å². The number of aryl methyl sites for hydroxylation is 1. The van der Waals surface area contributed by atoms with E-state index in [4.69, 9.17) is 16.0 Å². The lowest BCUT2D eigenvalue weighted by atomic mass is 9.98. The molecule has 0 fully saturated rings. The average Bonchev–Trinajstić information content (AvgIpc) is 2.74. The molecular formula is C23H24FN3O3. The lowest BCUT2D eigenvalue weighted by Crippen LogP contribution is -2.29. The second kappa shape index (κ2) is 10.9. The quantitative estimate of drug-likeness (QED) is 0.315. The smallest absolute Gasteiger partial charge is 0.273 e. The molecule has 0 aliphatic heterocycles. The molecule has 0 saturated heterocycles. The van der Waals surface area contributed by atoms with Gasteiger partial charge in [0.1, 0.15) is 19.7 Å². The van der Waals surface area contributed by atoms with E-state index in [1.54, 1.807) is 19.1 Å². The second-order valence-corrected chi connectivity index (χ2v) is 6.40. The van der Waals surface area contributed by atoms with E-state index in [0.29, 0.717) is 22.4 Å². The number of ether oxygens (including phenoxy) is 1. The van der Waals surface area contributed by atoms with Gasteiger partial charge in [-0.05, 0) is 48.7 Å². The molecule has 0 aromatic heterocycles. The molecule has 0 saturated carbocycles. The molecule has 7 heteroatoms. The summed E-state index contributed by atoms with van der Waals surface area (Å²) in [6.07, 6.45) is 5.35. The van der Waals surface area contributed by atoms with Crippen molar-refractivity contribution in [2.75, 3.05) is 20.9 Å². The molecule has 1 N–H and O–H groups in total. The molecule has 0 heterocycles. The number of halogens is 1. The van der Waals surface area contributed by atoms with E-state index in [1.807, 2.05) is 19.1 Å². The zero-order valence-electron chi connectivity index (χ0n) is 17.5. The molecule has 6 nitrogen and oxygen atoms in total. The van der Waals surface area contributed by atoms with Crippen molar-refractivity contribution >= 4 is 17.3 Å². The number of amides is 1. The number of rotatable bonds is 8. The van der Waals surface area contributed by atoms with Crippen molar-refractivity contribution < 1.29 is 18.8 Å². The fourth-order valence-electron chi connectivity index (χ4n) is 2.80. The summed E-state index contributed by atoms with van der Waals surface area (Å²) >= 11 is 0. The number of carbonyl (C=O) groups is 1. The van der Waals surface area contributed by atoms with Crippen LogP contribution < -0.4 is 5.32 Å². The fourth-order valence-corrected chi connectivity index (χ4v) is 2.80. The summed E-state index contributed by atoms with van der Waals surface area (Å²) in [5.74, 6) is 1.63. The summed E-state index contributed by atoms with van der Waals surface area (Å²) in [5.41, 5.74) is 4.14. The van der Waals surface area contributed by atoms with Gasteiger partial charge in [-0.3, -0.25) is 9.79 Å². The van der Waals surface area contributed by atoms with E-state index in [0.717, 1.165) is 11.1 Å². The van der Waals surface area contributed by atoms with Gasteiger partial charge in [-0.1, -0.05) is 29.3 Å². The highest BCUT2D eigenvalue weighted by Gasteiger charge is 2.18. The highest BCUT2D eigenvalue weighted by Crippen LogP contribution is 2.17. The largest absolute Gasteiger partial charge is 0.398 e. The van der Waals surface area contributed by atoms with Crippen molar-refractivity contribution in [1.82, 2.24) is 5.32 Å². The number of nitrogens with one attached hydrogen (secondary N) is 1. The Labute approximate surface area is 175 Å². The van der Waals surface area contributed by atoms with Gasteiger partial charge in [0, 0.05) is 23.9 Å². The van der Waals surface area contributed by atoms with Crippen molar-refractivity contribution in [1.29, 1.82) is 0 Å². The molecule has 2 aromatic rings. The van der Waals surface area contributed by atoms with Crippen molar-refractivity contribution in [3.63, 3.8) is 0 Å². The van der Waals surface area contributed by atoms with Crippen LogP contribution in [0.25, 0.3) is 0 Å². The van der Waals surface area contributed by atoms with Gasteiger partial charge >= 0.3 is 0 Å². The molecule has 0 atom stereocenters. The third kappa shape index (κ3) is 5.75. The van der Waals surface area contributed by atoms with Crippen LogP contribution in [-0.2, 0) is 21.0 Å². The van der Waals surface area contributed by atoms with Crippen molar-refractivity contribution in [3.8, 4) is 12.3 Å². The standard InChI is InChI=1S/C23H24FN3O3/c1-6-17-10-18(12-19(24)11-17)16(3)26-14-30-13-21-15(2)8-7-9-20(21)22(27-29-5)23(28)25-4/h1,7-12H,13-14H2,2-5H3,(H,25,28)/b26-16+,27-22+. The molecule has 2 aromatic carbocycles. The molecule has 0 unspecified atom stereocenters. The number of hydrogen-bond acceptors (Lipinski definition) is 5. The van der Waals surface area contributed by atoms with Gasteiger partial charge in [-0.25, -0.2) is 4.39 Å². The first-order valence-electron chi connectivity index (χ1n) is 9.19. The highest BCUT2D eigenvalue weighted by atomic mass is 19.1. The monoisotopic (exact) mass is 409 g/mol. The summed E-state index contributed by atoms with van der Waals surface area (Å²) in [5, 5.41) is 6.41. The number of likely N-dealkylation sites (N-methyl/N-ethyl adjacent to an activating group) is 1. The number of terminal acetylenes is 1. The summed E-state index contributed by atoms with van der Waals surface area (Å²) in [6.45, 7) is 3.93. The minimum absolute atomic E-state index is 0.0538. The van der Waals surface area contributed by atoms with E-state index in [2.05, 4.69) is 21.4 Å². The molecule has 156 valence electrons. The Kier molecular flexibility index (Phi) is 8.27. The van der Waals surface area contributed by atoms with Gasteiger partial charge in [-0.2, -0.15) is 0 Å². The number of benzene rings is 2. The summed E-state index contributed by atoms with van der Waals surface area (Å²) in [6, 6.07) is 9.88. The Balaban J connectivity index is 2.18. The Morgan fingerprint density at radius 1 is 1.30 bits per heavy atom. The van der Waals surface area contributed by atoms with Crippen LogP contribution in [-0.4, -0.2) is 38.2 Å². The van der Waals surface area contributed by atoms with E-state index in [-0.39, 0.29) is 25.0 Å². The van der Waals surface area contributed by atoms with Crippen molar-refractivity contribution in [3.05, 3.63) is 70.0 Å². The maximum atomic E-state index is 13.7. The molecular weight excluding hydrogens is 385 g/mol. The van der Waals surface area contributed by atoms with Gasteiger partial charge in [-0.15, -0.1) is 6.42 Å². The number of aliphatic imine (C=N–C) groups is 1. The lowest BCUT2D eigenvalue weighted by Gasteiger charge is -2.13. The Morgan fingerprint density at radius 2 is 2.07 bits per heavy atom. The van der Waals surface area contributed by atoms with Gasteiger partial charge in [0.05, 0.1) is 6.61 Å². The molecule has 30 heavy (non-hydrogen) atoms. The Bertz CT molecular complexity index is 1020. The summed E-state index contributed by atoms with van der Waals surface area (Å²) in [7, 11) is 2.90. The van der Waals surface area contributed by atoms with Crippen LogP contribution in [0.15, 0.2) is 46.5 Å². The Hall–Kier alpha value is -3.50. The van der Waals surface area contributed by atoms with Gasteiger partial charge in [0.15, 0.2) is 5.71 Å². The average molecular weight is 409 g/mol. The van der Waals surface area contributed by atoms with Gasteiger partial charge in [0.2, 0.25) is 0 Å². The molecule has 0 aliphatic carbocycles. The maximum Gasteiger partial charge on any atom is 0.273 e. The zero-order chi connectivity index (χ0) is 22.1. The third-order valence-electron chi connectivity index (χ3n) is 4.41. The maximum absolute atomic E-state index is 13.7. The summed E-state index contributed by atoms with van der Waals surface area (Å²) < 4.78 is 19.4. The predicted molar refractivity (Wildman–Crippen MR) is 115 cm³/mol. The van der Waals surface area contributed by atoms with Gasteiger partial charge < -0.3 is 14.9 Å². The van der Waals surface area contributed by atoms with Gasteiger partial charge in [0.25, 0.3) is 5.91 Å². The number of nitrogens with zero attached hydrogens (tertiary/aromatic N) is 2. The predicted octanol–water partition coefficient (Wildman–Crippen LogP) is 3.20. The van der Waals surface area contributed by atoms with Crippen LogP contribution in [0.2, 0.25) is 0 Å². The number of carbonyl (C=O) groups excluding carboxylic acids is 1. The second-order valence-electron chi connectivity index (χ2n) is 6.40. The molecule has 0 aliphatic rings. The van der Waals surface area contributed by atoms with E-state index < -0.39 is 5.82 Å².